The van der Waals surface area contributed by atoms with Crippen molar-refractivity contribution >= 4 is 40.6 Å². The molecule has 0 spiro atoms. The van der Waals surface area contributed by atoms with E-state index in [1.54, 1.807) is 42.5 Å². The van der Waals surface area contributed by atoms with Crippen molar-refractivity contribution in [1.82, 2.24) is 5.32 Å². The molecule has 1 N–H and O–H groups in total. The molecule has 1 heterocycles. The van der Waals surface area contributed by atoms with Crippen molar-refractivity contribution in [3.63, 3.8) is 0 Å². The molecule has 110 valence electrons. The lowest BCUT2D eigenvalue weighted by atomic mass is 9.84. The first-order valence-corrected chi connectivity index (χ1v) is 7.38. The van der Waals surface area contributed by atoms with Gasteiger partial charge in [0.1, 0.15) is 0 Å². The van der Waals surface area contributed by atoms with Gasteiger partial charge >= 0.3 is 0 Å². The molecule has 2 amide bonds. The van der Waals surface area contributed by atoms with E-state index in [1.165, 1.54) is 6.08 Å². The van der Waals surface area contributed by atoms with Crippen molar-refractivity contribution in [3.8, 4) is 0 Å². The summed E-state index contributed by atoms with van der Waals surface area (Å²) in [4.78, 5) is 24.1. The number of carbonyl (C=O) groups is 2. The SMILES string of the molecule is O=C1C=C(c2ccccc2Cl)C(c2ccc(Cl)cc2)C(=O)N1. The topological polar surface area (TPSA) is 46.2 Å². The zero-order chi connectivity index (χ0) is 15.7. The van der Waals surface area contributed by atoms with Crippen LogP contribution in [0.4, 0.5) is 0 Å². The molecule has 0 aromatic heterocycles. The Morgan fingerprint density at radius 2 is 1.59 bits per heavy atom. The quantitative estimate of drug-likeness (QED) is 0.850. The number of hydrogen-bond acceptors (Lipinski definition) is 2. The van der Waals surface area contributed by atoms with Gasteiger partial charge in [-0.25, -0.2) is 0 Å². The van der Waals surface area contributed by atoms with Gasteiger partial charge in [-0.1, -0.05) is 53.5 Å². The second-order valence-corrected chi connectivity index (χ2v) is 5.76. The Bertz CT molecular complexity index is 782. The maximum Gasteiger partial charge on any atom is 0.250 e. The summed E-state index contributed by atoms with van der Waals surface area (Å²) in [5, 5.41) is 3.41. The predicted molar refractivity (Wildman–Crippen MR) is 86.8 cm³/mol. The molecule has 22 heavy (non-hydrogen) atoms. The first-order chi connectivity index (χ1) is 10.6. The zero-order valence-corrected chi connectivity index (χ0v) is 12.9. The summed E-state index contributed by atoms with van der Waals surface area (Å²) in [6, 6.07) is 14.1. The smallest absolute Gasteiger partial charge is 0.250 e. The summed E-state index contributed by atoms with van der Waals surface area (Å²) in [5.41, 5.74) is 2.01. The van der Waals surface area contributed by atoms with Crippen LogP contribution in [0.5, 0.6) is 0 Å². The minimum Gasteiger partial charge on any atom is -0.292 e. The largest absolute Gasteiger partial charge is 0.292 e. The van der Waals surface area contributed by atoms with Crippen molar-refractivity contribution in [2.45, 2.75) is 5.92 Å². The number of hydrogen-bond donors (Lipinski definition) is 1. The first kappa shape index (κ1) is 14.8. The number of nitrogens with one attached hydrogen (secondary N) is 1. The van der Waals surface area contributed by atoms with E-state index < -0.39 is 11.8 Å². The first-order valence-electron chi connectivity index (χ1n) is 6.63. The third-order valence-corrected chi connectivity index (χ3v) is 4.08. The third kappa shape index (κ3) is 2.78. The summed E-state index contributed by atoms with van der Waals surface area (Å²) in [7, 11) is 0. The predicted octanol–water partition coefficient (Wildman–Crippen LogP) is 3.82. The van der Waals surface area contributed by atoms with Gasteiger partial charge in [-0.2, -0.15) is 0 Å². The van der Waals surface area contributed by atoms with E-state index in [1.807, 2.05) is 6.07 Å². The Morgan fingerprint density at radius 1 is 0.909 bits per heavy atom. The number of amides is 2. The number of imide groups is 1. The van der Waals surface area contributed by atoms with Crippen LogP contribution in [0, 0.1) is 0 Å². The molecule has 0 radical (unpaired) electrons. The standard InChI is InChI=1S/C17H11Cl2NO2/c18-11-7-5-10(6-8-11)16-13(9-15(21)20-17(16)22)12-3-1-2-4-14(12)19/h1-9,16H,(H,20,21,22). The summed E-state index contributed by atoms with van der Waals surface area (Å²) in [6.45, 7) is 0. The Balaban J connectivity index is 2.15. The van der Waals surface area contributed by atoms with Crippen molar-refractivity contribution < 1.29 is 9.59 Å². The van der Waals surface area contributed by atoms with Crippen molar-refractivity contribution in [2.24, 2.45) is 0 Å². The molecule has 1 atom stereocenters. The monoisotopic (exact) mass is 331 g/mol. The highest BCUT2D eigenvalue weighted by atomic mass is 35.5. The lowest BCUT2D eigenvalue weighted by Gasteiger charge is -2.24. The van der Waals surface area contributed by atoms with Crippen LogP contribution in [0.2, 0.25) is 10.0 Å². The highest BCUT2D eigenvalue weighted by molar-refractivity contribution is 6.33. The lowest BCUT2D eigenvalue weighted by Crippen LogP contribution is -2.38. The maximum atomic E-state index is 12.3. The van der Waals surface area contributed by atoms with Gasteiger partial charge in [-0.15, -0.1) is 0 Å². The molecule has 5 heteroatoms. The molecule has 0 bridgehead atoms. The van der Waals surface area contributed by atoms with Gasteiger partial charge in [0.25, 0.3) is 5.91 Å². The average molecular weight is 332 g/mol. The van der Waals surface area contributed by atoms with Gasteiger partial charge in [-0.3, -0.25) is 14.9 Å². The van der Waals surface area contributed by atoms with Crippen LogP contribution in [0.25, 0.3) is 5.57 Å². The second kappa shape index (κ2) is 5.95. The normalized spacial score (nSPS) is 17.9. The van der Waals surface area contributed by atoms with Crippen LogP contribution < -0.4 is 5.32 Å². The van der Waals surface area contributed by atoms with E-state index in [2.05, 4.69) is 5.32 Å². The number of halogens is 2. The fraction of sp³-hybridized carbons (Fsp3) is 0.0588. The highest BCUT2D eigenvalue weighted by Gasteiger charge is 2.32. The highest BCUT2D eigenvalue weighted by Crippen LogP contribution is 2.37. The van der Waals surface area contributed by atoms with Crippen molar-refractivity contribution in [2.75, 3.05) is 0 Å². The van der Waals surface area contributed by atoms with Crippen LogP contribution >= 0.6 is 23.2 Å². The third-order valence-electron chi connectivity index (χ3n) is 3.49. The van der Waals surface area contributed by atoms with E-state index in [0.717, 1.165) is 5.56 Å². The molecular formula is C17H11Cl2NO2. The molecule has 1 aliphatic rings. The second-order valence-electron chi connectivity index (χ2n) is 4.92. The van der Waals surface area contributed by atoms with Crippen LogP contribution in [-0.2, 0) is 9.59 Å². The number of carbonyl (C=O) groups excluding carboxylic acids is 2. The summed E-state index contributed by atoms with van der Waals surface area (Å²) in [6.07, 6.45) is 1.42. The van der Waals surface area contributed by atoms with Gasteiger partial charge in [0.05, 0.1) is 5.92 Å². The van der Waals surface area contributed by atoms with E-state index in [9.17, 15) is 9.59 Å². The van der Waals surface area contributed by atoms with Crippen LogP contribution in [-0.4, -0.2) is 11.8 Å². The molecule has 1 unspecified atom stereocenters. The summed E-state index contributed by atoms with van der Waals surface area (Å²) in [5.74, 6) is -1.41. The van der Waals surface area contributed by atoms with Gasteiger partial charge < -0.3 is 0 Å². The van der Waals surface area contributed by atoms with Crippen LogP contribution in [0.15, 0.2) is 54.6 Å². The summed E-state index contributed by atoms with van der Waals surface area (Å²) >= 11 is 12.1. The van der Waals surface area contributed by atoms with Gasteiger partial charge in [0.15, 0.2) is 0 Å². The molecule has 0 saturated carbocycles. The molecule has 2 aromatic rings. The zero-order valence-electron chi connectivity index (χ0n) is 11.3. The molecule has 0 aliphatic carbocycles. The van der Waals surface area contributed by atoms with Gasteiger partial charge in [-0.05, 0) is 34.9 Å². The van der Waals surface area contributed by atoms with Crippen LogP contribution in [0.1, 0.15) is 17.0 Å². The molecule has 1 aliphatic heterocycles. The maximum absolute atomic E-state index is 12.3. The van der Waals surface area contributed by atoms with Crippen molar-refractivity contribution in [3.05, 3.63) is 75.8 Å². The van der Waals surface area contributed by atoms with E-state index in [0.29, 0.717) is 21.2 Å². The van der Waals surface area contributed by atoms with Crippen molar-refractivity contribution in [1.29, 1.82) is 0 Å². The van der Waals surface area contributed by atoms with Gasteiger partial charge in [0, 0.05) is 16.1 Å². The molecular weight excluding hydrogens is 321 g/mol. The van der Waals surface area contributed by atoms with E-state index >= 15 is 0 Å². The van der Waals surface area contributed by atoms with E-state index in [4.69, 9.17) is 23.2 Å². The van der Waals surface area contributed by atoms with E-state index in [-0.39, 0.29) is 5.91 Å². The number of benzene rings is 2. The average Bonchev–Trinajstić information content (AvgIpc) is 2.48. The molecule has 0 fully saturated rings. The molecule has 2 aromatic carbocycles. The molecule has 3 nitrogen and oxygen atoms in total. The fourth-order valence-electron chi connectivity index (χ4n) is 2.51. The number of rotatable bonds is 2. The van der Waals surface area contributed by atoms with Gasteiger partial charge in [0.2, 0.25) is 5.91 Å². The Kier molecular flexibility index (Phi) is 4.01. The Hall–Kier alpha value is -2.10. The minimum atomic E-state index is -0.602. The molecule has 0 saturated heterocycles. The lowest BCUT2D eigenvalue weighted by molar-refractivity contribution is -0.128. The fourth-order valence-corrected chi connectivity index (χ4v) is 2.88. The minimum absolute atomic E-state index is 0.371. The Morgan fingerprint density at radius 3 is 2.27 bits per heavy atom. The van der Waals surface area contributed by atoms with Crippen LogP contribution in [0.3, 0.4) is 0 Å². The Labute approximate surface area is 137 Å². The molecule has 3 rings (SSSR count). The summed E-state index contributed by atoms with van der Waals surface area (Å²) < 4.78 is 0.